The van der Waals surface area contributed by atoms with Gasteiger partial charge in [-0.25, -0.2) is 4.79 Å². The summed E-state index contributed by atoms with van der Waals surface area (Å²) in [6.45, 7) is 2.54. The summed E-state index contributed by atoms with van der Waals surface area (Å²) in [5, 5.41) is 0. The Bertz CT molecular complexity index is 451. The first-order valence-corrected chi connectivity index (χ1v) is 7.29. The van der Waals surface area contributed by atoms with Gasteiger partial charge in [0.1, 0.15) is 0 Å². The highest BCUT2D eigenvalue weighted by Crippen LogP contribution is 2.21. The maximum absolute atomic E-state index is 12.1. The Morgan fingerprint density at radius 3 is 2.29 bits per heavy atom. The molecule has 0 bridgehead atoms. The number of benzene rings is 1. The molecule has 0 radical (unpaired) electrons. The average Bonchev–Trinajstić information content (AvgIpc) is 2.52. The van der Waals surface area contributed by atoms with Gasteiger partial charge in [-0.05, 0) is 6.42 Å². The molecule has 21 heavy (non-hydrogen) atoms. The average molecular weight is 292 g/mol. The highest BCUT2D eigenvalue weighted by atomic mass is 16.6. The zero-order valence-electron chi connectivity index (χ0n) is 13.1. The standard InChI is InChI=1S/C17H24O4/c1-4-5-6-10-13-21-17(18)16(20-3)15(19-2)14-11-8-7-9-12-14/h7-9,11-12H,4-6,10,13H2,1-3H3. The predicted molar refractivity (Wildman–Crippen MR) is 82.5 cm³/mol. The molecule has 0 aromatic heterocycles. The van der Waals surface area contributed by atoms with Crippen molar-refractivity contribution in [3.8, 4) is 0 Å². The first kappa shape index (κ1) is 17.1. The van der Waals surface area contributed by atoms with E-state index in [-0.39, 0.29) is 5.76 Å². The summed E-state index contributed by atoms with van der Waals surface area (Å²) in [6, 6.07) is 9.35. The molecule has 0 heterocycles. The van der Waals surface area contributed by atoms with Crippen molar-refractivity contribution < 1.29 is 19.0 Å². The Kier molecular flexibility index (Phi) is 8.02. The van der Waals surface area contributed by atoms with Crippen molar-refractivity contribution in [3.05, 3.63) is 41.7 Å². The van der Waals surface area contributed by atoms with Gasteiger partial charge in [-0.1, -0.05) is 56.5 Å². The summed E-state index contributed by atoms with van der Waals surface area (Å²) < 4.78 is 15.7. The summed E-state index contributed by atoms with van der Waals surface area (Å²) in [7, 11) is 2.95. The van der Waals surface area contributed by atoms with E-state index in [2.05, 4.69) is 6.92 Å². The molecule has 116 valence electrons. The third kappa shape index (κ3) is 5.50. The molecule has 4 heteroatoms. The van der Waals surface area contributed by atoms with Gasteiger partial charge in [-0.2, -0.15) is 0 Å². The minimum absolute atomic E-state index is 0.0965. The largest absolute Gasteiger partial charge is 0.492 e. The highest BCUT2D eigenvalue weighted by Gasteiger charge is 2.20. The molecule has 1 rings (SSSR count). The Hall–Kier alpha value is -1.97. The lowest BCUT2D eigenvalue weighted by Gasteiger charge is -2.12. The fourth-order valence-corrected chi connectivity index (χ4v) is 1.96. The van der Waals surface area contributed by atoms with E-state index in [0.717, 1.165) is 31.2 Å². The Labute approximate surface area is 126 Å². The first-order valence-electron chi connectivity index (χ1n) is 7.29. The minimum atomic E-state index is -0.491. The third-order valence-corrected chi connectivity index (χ3v) is 3.07. The van der Waals surface area contributed by atoms with Crippen molar-refractivity contribution in [1.82, 2.24) is 0 Å². The maximum atomic E-state index is 12.1. The van der Waals surface area contributed by atoms with Gasteiger partial charge in [0.05, 0.1) is 20.8 Å². The van der Waals surface area contributed by atoms with Crippen LogP contribution in [-0.4, -0.2) is 26.8 Å². The van der Waals surface area contributed by atoms with E-state index in [4.69, 9.17) is 14.2 Å². The topological polar surface area (TPSA) is 44.8 Å². The van der Waals surface area contributed by atoms with E-state index in [1.165, 1.54) is 14.2 Å². The second-order valence-electron chi connectivity index (χ2n) is 4.63. The van der Waals surface area contributed by atoms with E-state index in [9.17, 15) is 4.79 Å². The van der Waals surface area contributed by atoms with Crippen LogP contribution in [0.3, 0.4) is 0 Å². The molecular weight excluding hydrogens is 268 g/mol. The van der Waals surface area contributed by atoms with Crippen LogP contribution in [0.2, 0.25) is 0 Å². The van der Waals surface area contributed by atoms with E-state index >= 15 is 0 Å². The molecule has 0 aliphatic carbocycles. The van der Waals surface area contributed by atoms with Gasteiger partial charge in [0.15, 0.2) is 5.76 Å². The molecule has 0 fully saturated rings. The normalized spacial score (nSPS) is 11.6. The van der Waals surface area contributed by atoms with E-state index in [1.807, 2.05) is 30.3 Å². The molecule has 0 saturated heterocycles. The zero-order chi connectivity index (χ0) is 15.5. The monoisotopic (exact) mass is 292 g/mol. The summed E-state index contributed by atoms with van der Waals surface area (Å²) in [5.74, 6) is -0.00875. The van der Waals surface area contributed by atoms with E-state index < -0.39 is 5.97 Å². The van der Waals surface area contributed by atoms with Crippen molar-refractivity contribution >= 4 is 11.7 Å². The quantitative estimate of drug-likeness (QED) is 0.301. The molecule has 0 atom stereocenters. The number of rotatable bonds is 9. The Morgan fingerprint density at radius 2 is 1.71 bits per heavy atom. The molecule has 0 N–H and O–H groups in total. The second kappa shape index (κ2) is 9.86. The molecule has 0 aliphatic rings. The number of hydrogen-bond acceptors (Lipinski definition) is 4. The van der Waals surface area contributed by atoms with Crippen molar-refractivity contribution in [2.75, 3.05) is 20.8 Å². The van der Waals surface area contributed by atoms with Gasteiger partial charge in [0.25, 0.3) is 0 Å². The van der Waals surface area contributed by atoms with Gasteiger partial charge in [0, 0.05) is 5.56 Å². The summed E-state index contributed by atoms with van der Waals surface area (Å²) in [4.78, 5) is 12.1. The molecule has 1 aromatic carbocycles. The summed E-state index contributed by atoms with van der Waals surface area (Å²) >= 11 is 0. The Balaban J connectivity index is 2.74. The van der Waals surface area contributed by atoms with Crippen LogP contribution in [-0.2, 0) is 19.0 Å². The SMILES string of the molecule is CCCCCCOC(=O)C(OC)=C(OC)c1ccccc1. The predicted octanol–water partition coefficient (Wildman–Crippen LogP) is 3.77. The van der Waals surface area contributed by atoms with Gasteiger partial charge in [-0.3, -0.25) is 0 Å². The van der Waals surface area contributed by atoms with Crippen LogP contribution in [0.25, 0.3) is 5.76 Å². The lowest BCUT2D eigenvalue weighted by molar-refractivity contribution is -0.142. The number of unbranched alkanes of at least 4 members (excludes halogenated alkanes) is 3. The van der Waals surface area contributed by atoms with E-state index in [1.54, 1.807) is 0 Å². The van der Waals surface area contributed by atoms with Crippen LogP contribution in [0.1, 0.15) is 38.2 Å². The molecule has 0 unspecified atom stereocenters. The highest BCUT2D eigenvalue weighted by molar-refractivity contribution is 5.94. The van der Waals surface area contributed by atoms with Crippen LogP contribution in [0.4, 0.5) is 0 Å². The molecule has 0 amide bonds. The number of carbonyl (C=O) groups excluding carboxylic acids is 1. The number of methoxy groups -OCH3 is 2. The fraction of sp³-hybridized carbons (Fsp3) is 0.471. The van der Waals surface area contributed by atoms with E-state index in [0.29, 0.717) is 12.4 Å². The van der Waals surface area contributed by atoms with Crippen molar-refractivity contribution in [2.24, 2.45) is 0 Å². The summed E-state index contributed by atoms with van der Waals surface area (Å²) in [6.07, 6.45) is 4.23. The van der Waals surface area contributed by atoms with Gasteiger partial charge in [0.2, 0.25) is 5.76 Å². The fourth-order valence-electron chi connectivity index (χ4n) is 1.96. The molecule has 0 aliphatic heterocycles. The number of carbonyl (C=O) groups is 1. The molecule has 0 saturated carbocycles. The summed E-state index contributed by atoms with van der Waals surface area (Å²) in [5.41, 5.74) is 0.778. The van der Waals surface area contributed by atoms with Crippen LogP contribution < -0.4 is 0 Å². The number of ether oxygens (including phenoxy) is 3. The molecule has 0 spiro atoms. The smallest absolute Gasteiger partial charge is 0.377 e. The molecule has 4 nitrogen and oxygen atoms in total. The van der Waals surface area contributed by atoms with Crippen LogP contribution in [0.5, 0.6) is 0 Å². The first-order chi connectivity index (χ1) is 10.2. The zero-order valence-corrected chi connectivity index (χ0v) is 13.1. The minimum Gasteiger partial charge on any atom is -0.492 e. The number of hydrogen-bond donors (Lipinski definition) is 0. The second-order valence-corrected chi connectivity index (χ2v) is 4.63. The molecule has 1 aromatic rings. The van der Waals surface area contributed by atoms with Crippen LogP contribution in [0, 0.1) is 0 Å². The lowest BCUT2D eigenvalue weighted by Crippen LogP contribution is -2.13. The van der Waals surface area contributed by atoms with Crippen LogP contribution >= 0.6 is 0 Å². The van der Waals surface area contributed by atoms with Crippen molar-refractivity contribution in [3.63, 3.8) is 0 Å². The van der Waals surface area contributed by atoms with Crippen molar-refractivity contribution in [1.29, 1.82) is 0 Å². The number of esters is 1. The lowest BCUT2D eigenvalue weighted by atomic mass is 10.1. The van der Waals surface area contributed by atoms with Gasteiger partial charge in [-0.15, -0.1) is 0 Å². The molecular formula is C17H24O4. The third-order valence-electron chi connectivity index (χ3n) is 3.07. The van der Waals surface area contributed by atoms with Crippen molar-refractivity contribution in [2.45, 2.75) is 32.6 Å². The van der Waals surface area contributed by atoms with Crippen LogP contribution in [0.15, 0.2) is 36.1 Å². The maximum Gasteiger partial charge on any atom is 0.377 e. The Morgan fingerprint density at radius 1 is 1.00 bits per heavy atom. The van der Waals surface area contributed by atoms with Gasteiger partial charge < -0.3 is 14.2 Å². The van der Waals surface area contributed by atoms with Gasteiger partial charge >= 0.3 is 5.97 Å².